The molecular weight excluding hydrogens is 287 g/mol. The quantitative estimate of drug-likeness (QED) is 0.731. The second kappa shape index (κ2) is 5.88. The van der Waals surface area contributed by atoms with Crippen LogP contribution in [0.1, 0.15) is 11.1 Å². The Bertz CT molecular complexity index is 684. The summed E-state index contributed by atoms with van der Waals surface area (Å²) in [4.78, 5) is 2.07. The maximum Gasteiger partial charge on any atom is 0.131 e. The van der Waals surface area contributed by atoms with E-state index in [2.05, 4.69) is 4.90 Å². The van der Waals surface area contributed by atoms with E-state index in [9.17, 15) is 4.39 Å². The van der Waals surface area contributed by atoms with Crippen LogP contribution in [0, 0.1) is 5.82 Å². The monoisotopic (exact) mass is 302 g/mol. The maximum absolute atomic E-state index is 14.2. The van der Waals surface area contributed by atoms with E-state index < -0.39 is 0 Å². The Kier molecular flexibility index (Phi) is 3.95. The number of benzene rings is 2. The smallest absolute Gasteiger partial charge is 0.131 e. The van der Waals surface area contributed by atoms with Crippen LogP contribution in [-0.2, 0) is 0 Å². The molecule has 2 aromatic carbocycles. The summed E-state index contributed by atoms with van der Waals surface area (Å²) in [6.45, 7) is 1.17. The molecule has 0 unspecified atom stereocenters. The third-order valence-corrected chi connectivity index (χ3v) is 3.87. The number of hydrogen-bond donors (Lipinski definition) is 0. The molecule has 1 heterocycles. The summed E-state index contributed by atoms with van der Waals surface area (Å²) in [5, 5.41) is 0. The second-order valence-corrected chi connectivity index (χ2v) is 5.58. The van der Waals surface area contributed by atoms with Crippen molar-refractivity contribution in [1.29, 1.82) is 0 Å². The molecule has 0 fully saturated rings. The highest BCUT2D eigenvalue weighted by atomic mass is 35.5. The lowest BCUT2D eigenvalue weighted by atomic mass is 9.95. The summed E-state index contributed by atoms with van der Waals surface area (Å²) in [5.41, 5.74) is 3.54. The number of hydrogen-bond acceptors (Lipinski definition) is 2. The molecule has 0 bridgehead atoms. The first-order chi connectivity index (χ1) is 10.2. The van der Waals surface area contributed by atoms with Crippen molar-refractivity contribution in [2.75, 3.05) is 25.2 Å². The molecule has 0 saturated carbocycles. The molecule has 0 amide bonds. The van der Waals surface area contributed by atoms with Crippen LogP contribution in [0.4, 0.5) is 10.1 Å². The summed E-state index contributed by atoms with van der Waals surface area (Å²) in [6, 6.07) is 14.8. The van der Waals surface area contributed by atoms with Crippen molar-refractivity contribution in [2.24, 2.45) is 0 Å². The fourth-order valence-corrected chi connectivity index (χ4v) is 2.86. The summed E-state index contributed by atoms with van der Waals surface area (Å²) in [7, 11) is 1.98. The summed E-state index contributed by atoms with van der Waals surface area (Å²) in [5.74, 6) is -0.220. The van der Waals surface area contributed by atoms with Gasteiger partial charge in [0.15, 0.2) is 0 Å². The Morgan fingerprint density at radius 1 is 1.00 bits per heavy atom. The van der Waals surface area contributed by atoms with Crippen molar-refractivity contribution in [3.63, 3.8) is 0 Å². The van der Waals surface area contributed by atoms with Gasteiger partial charge in [-0.2, -0.15) is 4.42 Å². The van der Waals surface area contributed by atoms with Gasteiger partial charge in [-0.05, 0) is 29.5 Å². The van der Waals surface area contributed by atoms with Crippen molar-refractivity contribution in [2.45, 2.75) is 0 Å². The zero-order valence-electron chi connectivity index (χ0n) is 11.8. The number of para-hydroxylation sites is 1. The third kappa shape index (κ3) is 2.80. The molecule has 0 radical (unpaired) electrons. The lowest BCUT2D eigenvalue weighted by Crippen LogP contribution is -2.31. The predicted octanol–water partition coefficient (Wildman–Crippen LogP) is 4.12. The van der Waals surface area contributed by atoms with Crippen molar-refractivity contribution in [3.8, 4) is 0 Å². The SMILES string of the molecule is CN1CN(Cl)CC=C(c2ccccc2F)c2ccccc21. The molecule has 0 aliphatic carbocycles. The van der Waals surface area contributed by atoms with E-state index >= 15 is 0 Å². The number of nitrogens with zero attached hydrogens (tertiary/aromatic N) is 2. The highest BCUT2D eigenvalue weighted by molar-refractivity contribution is 6.13. The largest absolute Gasteiger partial charge is 0.360 e. The molecule has 3 rings (SSSR count). The van der Waals surface area contributed by atoms with Crippen LogP contribution < -0.4 is 4.90 Å². The highest BCUT2D eigenvalue weighted by Gasteiger charge is 2.18. The predicted molar refractivity (Wildman–Crippen MR) is 85.8 cm³/mol. The van der Waals surface area contributed by atoms with Crippen LogP contribution in [0.2, 0.25) is 0 Å². The molecule has 4 heteroatoms. The van der Waals surface area contributed by atoms with E-state index in [4.69, 9.17) is 11.8 Å². The Hall–Kier alpha value is -1.84. The van der Waals surface area contributed by atoms with Crippen molar-refractivity contribution < 1.29 is 4.39 Å². The first kappa shape index (κ1) is 14.1. The standard InChI is InChI=1S/C17H16ClFN2/c1-20-12-21(18)11-10-13(14-6-2-4-8-16(14)19)15-7-3-5-9-17(15)20/h2-10H,11-12H2,1H3. The van der Waals surface area contributed by atoms with Crippen molar-refractivity contribution in [3.05, 3.63) is 71.6 Å². The number of anilines is 1. The third-order valence-electron chi connectivity index (χ3n) is 3.63. The van der Waals surface area contributed by atoms with Crippen LogP contribution in [0.5, 0.6) is 0 Å². The Balaban J connectivity index is 2.20. The second-order valence-electron chi connectivity index (χ2n) is 5.10. The number of rotatable bonds is 1. The molecule has 108 valence electrons. The van der Waals surface area contributed by atoms with Crippen molar-refractivity contribution >= 4 is 23.0 Å². The maximum atomic E-state index is 14.2. The molecule has 0 saturated heterocycles. The molecule has 1 aliphatic rings. The van der Waals surface area contributed by atoms with E-state index in [1.54, 1.807) is 16.6 Å². The average molecular weight is 303 g/mol. The minimum absolute atomic E-state index is 0.220. The fraction of sp³-hybridized carbons (Fsp3) is 0.176. The molecule has 0 atom stereocenters. The molecule has 0 aromatic heterocycles. The van der Waals surface area contributed by atoms with Gasteiger partial charge in [0.1, 0.15) is 5.82 Å². The molecule has 0 N–H and O–H groups in total. The van der Waals surface area contributed by atoms with Crippen LogP contribution in [-0.4, -0.2) is 24.7 Å². The van der Waals surface area contributed by atoms with E-state index in [1.807, 2.05) is 43.5 Å². The van der Waals surface area contributed by atoms with Crippen LogP contribution >= 0.6 is 11.8 Å². The Labute approximate surface area is 129 Å². The van der Waals surface area contributed by atoms with E-state index in [0.717, 1.165) is 16.8 Å². The topological polar surface area (TPSA) is 6.48 Å². The van der Waals surface area contributed by atoms with Crippen LogP contribution in [0.25, 0.3) is 5.57 Å². The van der Waals surface area contributed by atoms with Gasteiger partial charge in [-0.15, -0.1) is 0 Å². The van der Waals surface area contributed by atoms with Gasteiger partial charge >= 0.3 is 0 Å². The molecule has 2 aromatic rings. The zero-order chi connectivity index (χ0) is 14.8. The molecule has 21 heavy (non-hydrogen) atoms. The minimum atomic E-state index is -0.220. The highest BCUT2D eigenvalue weighted by Crippen LogP contribution is 2.34. The average Bonchev–Trinajstić information content (AvgIpc) is 2.48. The van der Waals surface area contributed by atoms with Gasteiger partial charge in [0, 0.05) is 30.4 Å². The normalized spacial score (nSPS) is 16.0. The van der Waals surface area contributed by atoms with E-state index in [1.165, 1.54) is 6.07 Å². The van der Waals surface area contributed by atoms with Crippen LogP contribution in [0.15, 0.2) is 54.6 Å². The summed E-state index contributed by atoms with van der Waals surface area (Å²) < 4.78 is 15.9. The number of halogens is 2. The first-order valence-electron chi connectivity index (χ1n) is 6.83. The molecule has 2 nitrogen and oxygen atoms in total. The van der Waals surface area contributed by atoms with Gasteiger partial charge in [-0.3, -0.25) is 0 Å². The van der Waals surface area contributed by atoms with E-state index in [-0.39, 0.29) is 5.82 Å². The Morgan fingerprint density at radius 3 is 2.43 bits per heavy atom. The van der Waals surface area contributed by atoms with Gasteiger partial charge in [-0.1, -0.05) is 42.5 Å². The zero-order valence-corrected chi connectivity index (χ0v) is 12.5. The lowest BCUT2D eigenvalue weighted by molar-refractivity contribution is 0.501. The molecular formula is C17H16ClFN2. The van der Waals surface area contributed by atoms with E-state index in [0.29, 0.717) is 18.8 Å². The fourth-order valence-electron chi connectivity index (χ4n) is 2.63. The lowest BCUT2D eigenvalue weighted by Gasteiger charge is -2.29. The summed E-state index contributed by atoms with van der Waals surface area (Å²) >= 11 is 6.20. The van der Waals surface area contributed by atoms with Gasteiger partial charge in [0.2, 0.25) is 0 Å². The van der Waals surface area contributed by atoms with Gasteiger partial charge in [0.05, 0.1) is 6.67 Å². The minimum Gasteiger partial charge on any atom is -0.360 e. The summed E-state index contributed by atoms with van der Waals surface area (Å²) in [6.07, 6.45) is 1.98. The van der Waals surface area contributed by atoms with Crippen molar-refractivity contribution in [1.82, 2.24) is 4.42 Å². The molecule has 0 spiro atoms. The number of fused-ring (bicyclic) bond motifs is 1. The first-order valence-corrected chi connectivity index (χ1v) is 7.17. The molecule has 1 aliphatic heterocycles. The van der Waals surface area contributed by atoms with Gasteiger partial charge in [0.25, 0.3) is 0 Å². The van der Waals surface area contributed by atoms with Gasteiger partial charge < -0.3 is 4.90 Å². The van der Waals surface area contributed by atoms with Gasteiger partial charge in [-0.25, -0.2) is 4.39 Å². The van der Waals surface area contributed by atoms with Crippen LogP contribution in [0.3, 0.4) is 0 Å². The Morgan fingerprint density at radius 2 is 1.67 bits per heavy atom.